The Bertz CT molecular complexity index is 1480. The maximum atomic E-state index is 13.5. The molecule has 2 aromatic heterocycles. The lowest BCUT2D eigenvalue weighted by atomic mass is 10.1. The number of nitrogens with one attached hydrogen (secondary N) is 1. The van der Waals surface area contributed by atoms with Gasteiger partial charge >= 0.3 is 0 Å². The summed E-state index contributed by atoms with van der Waals surface area (Å²) in [5.74, 6) is 0.370. The molecular weight excluding hydrogens is 406 g/mol. The summed E-state index contributed by atoms with van der Waals surface area (Å²) in [4.78, 5) is 26.0. The molecule has 1 atom stereocenters. The van der Waals surface area contributed by atoms with Gasteiger partial charge in [0.25, 0.3) is 5.56 Å². The number of nitriles is 2. The van der Waals surface area contributed by atoms with Crippen LogP contribution in [0.15, 0.2) is 53.3 Å². The Morgan fingerprint density at radius 2 is 1.78 bits per heavy atom. The van der Waals surface area contributed by atoms with E-state index in [0.29, 0.717) is 28.0 Å². The number of rotatable bonds is 4. The molecule has 0 aliphatic heterocycles. The molecule has 4 aromatic rings. The summed E-state index contributed by atoms with van der Waals surface area (Å²) in [7, 11) is 0. The molecule has 32 heavy (non-hydrogen) atoms. The van der Waals surface area contributed by atoms with Crippen molar-refractivity contribution < 1.29 is 0 Å². The van der Waals surface area contributed by atoms with Crippen LogP contribution in [0.5, 0.6) is 0 Å². The summed E-state index contributed by atoms with van der Waals surface area (Å²) in [5.41, 5.74) is 12.6. The predicted molar refractivity (Wildman–Crippen MR) is 120 cm³/mol. The molecule has 0 spiro atoms. The summed E-state index contributed by atoms with van der Waals surface area (Å²) >= 11 is 0. The standard InChI is InChI=1S/C22H17N9O/c1-12(27-19-16(11-24)18(25)29-22(26)30-19)20-28-17-8-7-13(10-23)9-15(17)21(32)31(20)14-5-3-2-4-6-14/h2-9,12H,1H3,(H5,25,26,27,29,30). The van der Waals surface area contributed by atoms with E-state index in [1.807, 2.05) is 18.2 Å². The van der Waals surface area contributed by atoms with Crippen LogP contribution in [0.3, 0.4) is 0 Å². The Balaban J connectivity index is 1.93. The Morgan fingerprint density at radius 3 is 2.47 bits per heavy atom. The van der Waals surface area contributed by atoms with Crippen molar-refractivity contribution in [3.8, 4) is 17.8 Å². The Morgan fingerprint density at radius 1 is 1.03 bits per heavy atom. The van der Waals surface area contributed by atoms with Gasteiger partial charge in [0.2, 0.25) is 5.95 Å². The second kappa shape index (κ2) is 8.05. The van der Waals surface area contributed by atoms with E-state index < -0.39 is 6.04 Å². The molecule has 0 radical (unpaired) electrons. The van der Waals surface area contributed by atoms with Crippen molar-refractivity contribution in [2.45, 2.75) is 13.0 Å². The van der Waals surface area contributed by atoms with E-state index in [4.69, 9.17) is 11.5 Å². The second-order valence-corrected chi connectivity index (χ2v) is 6.96. The van der Waals surface area contributed by atoms with Crippen LogP contribution < -0.4 is 22.3 Å². The molecule has 5 N–H and O–H groups in total. The minimum Gasteiger partial charge on any atom is -0.382 e. The number of benzene rings is 2. The third-order valence-electron chi connectivity index (χ3n) is 4.84. The summed E-state index contributed by atoms with van der Waals surface area (Å²) in [6, 6.07) is 17.2. The summed E-state index contributed by atoms with van der Waals surface area (Å²) in [6.45, 7) is 1.77. The van der Waals surface area contributed by atoms with Crippen molar-refractivity contribution in [1.29, 1.82) is 10.5 Å². The molecule has 0 saturated carbocycles. The first-order valence-electron chi connectivity index (χ1n) is 9.54. The zero-order chi connectivity index (χ0) is 22.8. The van der Waals surface area contributed by atoms with Crippen molar-refractivity contribution in [2.75, 3.05) is 16.8 Å². The minimum absolute atomic E-state index is 0.0408. The number of anilines is 3. The fraction of sp³-hybridized carbons (Fsp3) is 0.0909. The van der Waals surface area contributed by atoms with Gasteiger partial charge in [-0.2, -0.15) is 20.5 Å². The van der Waals surface area contributed by atoms with E-state index in [2.05, 4.69) is 20.3 Å². The fourth-order valence-electron chi connectivity index (χ4n) is 3.37. The average Bonchev–Trinajstić information content (AvgIpc) is 2.79. The number of hydrogen-bond donors (Lipinski definition) is 3. The molecule has 0 aliphatic carbocycles. The quantitative estimate of drug-likeness (QED) is 0.445. The third kappa shape index (κ3) is 3.53. The summed E-state index contributed by atoms with van der Waals surface area (Å²) in [6.07, 6.45) is 0. The molecule has 0 bridgehead atoms. The van der Waals surface area contributed by atoms with Gasteiger partial charge in [0.15, 0.2) is 5.82 Å². The smallest absolute Gasteiger partial charge is 0.266 e. The van der Waals surface area contributed by atoms with Crippen LogP contribution in [0.1, 0.15) is 29.9 Å². The van der Waals surface area contributed by atoms with E-state index in [-0.39, 0.29) is 28.7 Å². The van der Waals surface area contributed by atoms with Gasteiger partial charge in [0, 0.05) is 0 Å². The second-order valence-electron chi connectivity index (χ2n) is 6.96. The maximum Gasteiger partial charge on any atom is 0.266 e. The zero-order valence-electron chi connectivity index (χ0n) is 16.9. The predicted octanol–water partition coefficient (Wildman–Crippen LogP) is 2.26. The van der Waals surface area contributed by atoms with Gasteiger partial charge in [-0.15, -0.1) is 0 Å². The Labute approximate surface area is 182 Å². The summed E-state index contributed by atoms with van der Waals surface area (Å²) in [5, 5.41) is 22.1. The number of aromatic nitrogens is 4. The molecule has 10 nitrogen and oxygen atoms in total. The number of nitrogens with two attached hydrogens (primary N) is 2. The SMILES string of the molecule is CC(Nc1nc(N)nc(N)c1C#N)c1nc2ccc(C#N)cc2c(=O)n1-c1ccccc1. The largest absolute Gasteiger partial charge is 0.382 e. The van der Waals surface area contributed by atoms with Gasteiger partial charge < -0.3 is 16.8 Å². The lowest BCUT2D eigenvalue weighted by Crippen LogP contribution is -2.27. The van der Waals surface area contributed by atoms with E-state index in [1.54, 1.807) is 43.3 Å². The van der Waals surface area contributed by atoms with Gasteiger partial charge in [0.05, 0.1) is 34.3 Å². The average molecular weight is 423 g/mol. The third-order valence-corrected chi connectivity index (χ3v) is 4.84. The van der Waals surface area contributed by atoms with Gasteiger partial charge in [-0.1, -0.05) is 18.2 Å². The fourth-order valence-corrected chi connectivity index (χ4v) is 3.37. The van der Waals surface area contributed by atoms with Crippen LogP contribution in [-0.2, 0) is 0 Å². The lowest BCUT2D eigenvalue weighted by Gasteiger charge is -2.20. The molecule has 1 unspecified atom stereocenters. The molecule has 0 aliphatic rings. The van der Waals surface area contributed by atoms with Crippen molar-refractivity contribution in [3.63, 3.8) is 0 Å². The van der Waals surface area contributed by atoms with Crippen LogP contribution in [0, 0.1) is 22.7 Å². The van der Waals surface area contributed by atoms with Crippen molar-refractivity contribution in [3.05, 3.63) is 75.8 Å². The maximum absolute atomic E-state index is 13.5. The van der Waals surface area contributed by atoms with Gasteiger partial charge in [-0.25, -0.2) is 4.98 Å². The van der Waals surface area contributed by atoms with E-state index in [9.17, 15) is 15.3 Å². The van der Waals surface area contributed by atoms with Crippen LogP contribution >= 0.6 is 0 Å². The highest BCUT2D eigenvalue weighted by atomic mass is 16.1. The first-order valence-corrected chi connectivity index (χ1v) is 9.54. The zero-order valence-corrected chi connectivity index (χ0v) is 16.9. The Hall–Kier alpha value is -4.96. The van der Waals surface area contributed by atoms with Crippen molar-refractivity contribution in [1.82, 2.24) is 19.5 Å². The number of nitrogens with zero attached hydrogens (tertiary/aromatic N) is 6. The highest BCUT2D eigenvalue weighted by Crippen LogP contribution is 2.25. The van der Waals surface area contributed by atoms with Crippen LogP contribution in [-0.4, -0.2) is 19.5 Å². The van der Waals surface area contributed by atoms with Gasteiger partial charge in [-0.05, 0) is 37.3 Å². The van der Waals surface area contributed by atoms with E-state index >= 15 is 0 Å². The lowest BCUT2D eigenvalue weighted by molar-refractivity contribution is 0.731. The van der Waals surface area contributed by atoms with E-state index in [1.165, 1.54) is 10.6 Å². The molecule has 0 fully saturated rings. The molecule has 10 heteroatoms. The Kier molecular flexibility index (Phi) is 5.11. The molecule has 2 heterocycles. The first kappa shape index (κ1) is 20.3. The van der Waals surface area contributed by atoms with Crippen LogP contribution in [0.2, 0.25) is 0 Å². The van der Waals surface area contributed by atoms with Gasteiger partial charge in [-0.3, -0.25) is 9.36 Å². The minimum atomic E-state index is -0.580. The number of fused-ring (bicyclic) bond motifs is 1. The van der Waals surface area contributed by atoms with Crippen LogP contribution in [0.25, 0.3) is 16.6 Å². The normalized spacial score (nSPS) is 11.5. The monoisotopic (exact) mass is 423 g/mol. The topological polar surface area (TPSA) is 172 Å². The summed E-state index contributed by atoms with van der Waals surface area (Å²) < 4.78 is 1.46. The van der Waals surface area contributed by atoms with E-state index in [0.717, 1.165) is 0 Å². The molecule has 0 amide bonds. The molecule has 4 rings (SSSR count). The van der Waals surface area contributed by atoms with Gasteiger partial charge in [0.1, 0.15) is 23.3 Å². The highest BCUT2D eigenvalue weighted by Gasteiger charge is 2.21. The molecular formula is C22H17N9O. The number of hydrogen-bond acceptors (Lipinski definition) is 9. The number of nitrogen functional groups attached to an aromatic ring is 2. The highest BCUT2D eigenvalue weighted by molar-refractivity contribution is 5.79. The number of para-hydroxylation sites is 1. The van der Waals surface area contributed by atoms with Crippen molar-refractivity contribution >= 4 is 28.5 Å². The van der Waals surface area contributed by atoms with Crippen molar-refractivity contribution in [2.24, 2.45) is 0 Å². The van der Waals surface area contributed by atoms with Crippen LogP contribution in [0.4, 0.5) is 17.6 Å². The molecule has 2 aromatic carbocycles. The molecule has 0 saturated heterocycles. The molecule has 156 valence electrons. The first-order chi connectivity index (χ1) is 15.4.